The Hall–Kier alpha value is -0.250. The smallest absolute Gasteiger partial charge is 0.0526 e. The molecule has 0 saturated carbocycles. The van der Waals surface area contributed by atoms with Gasteiger partial charge in [-0.05, 0) is 47.0 Å². The van der Waals surface area contributed by atoms with Crippen LogP contribution in [0, 0.1) is 0 Å². The summed E-state index contributed by atoms with van der Waals surface area (Å²) in [6.45, 7) is 6.56. The number of benzene rings is 1. The third-order valence-electron chi connectivity index (χ3n) is 3.24. The highest BCUT2D eigenvalue weighted by molar-refractivity contribution is 9.10. The zero-order valence-corrected chi connectivity index (χ0v) is 13.3. The summed E-state index contributed by atoms with van der Waals surface area (Å²) in [5, 5.41) is 4.42. The molecule has 1 aromatic carbocycles. The summed E-state index contributed by atoms with van der Waals surface area (Å²) in [5.74, 6) is 0. The molecule has 1 aliphatic heterocycles. The van der Waals surface area contributed by atoms with E-state index in [1.807, 2.05) is 18.2 Å². The largest absolute Gasteiger partial charge is 0.369 e. The van der Waals surface area contributed by atoms with Crippen LogP contribution in [-0.4, -0.2) is 25.2 Å². The third kappa shape index (κ3) is 3.62. The van der Waals surface area contributed by atoms with E-state index in [0.29, 0.717) is 12.1 Å². The molecular weight excluding hydrogens is 312 g/mol. The molecule has 1 unspecified atom stereocenters. The molecule has 2 nitrogen and oxygen atoms in total. The summed E-state index contributed by atoms with van der Waals surface area (Å²) in [6, 6.07) is 7.10. The Kier molecular flexibility index (Phi) is 4.93. The van der Waals surface area contributed by atoms with E-state index in [9.17, 15) is 0 Å². The average molecular weight is 332 g/mol. The monoisotopic (exact) mass is 330 g/mol. The van der Waals surface area contributed by atoms with Crippen LogP contribution in [0.2, 0.25) is 5.02 Å². The lowest BCUT2D eigenvalue weighted by Gasteiger charge is -2.36. The van der Waals surface area contributed by atoms with Crippen LogP contribution < -0.4 is 10.2 Å². The minimum Gasteiger partial charge on any atom is -0.369 e. The van der Waals surface area contributed by atoms with Crippen molar-refractivity contribution in [2.24, 2.45) is 0 Å². The van der Waals surface area contributed by atoms with E-state index in [1.165, 1.54) is 18.5 Å². The van der Waals surface area contributed by atoms with Gasteiger partial charge in [-0.3, -0.25) is 0 Å². The highest BCUT2D eigenvalue weighted by Crippen LogP contribution is 2.31. The van der Waals surface area contributed by atoms with Crippen molar-refractivity contribution >= 4 is 33.2 Å². The lowest BCUT2D eigenvalue weighted by molar-refractivity contribution is 0.394. The first-order valence-electron chi connectivity index (χ1n) is 6.52. The Balaban J connectivity index is 2.10. The number of rotatable bonds is 3. The van der Waals surface area contributed by atoms with Gasteiger partial charge in [0.15, 0.2) is 0 Å². The van der Waals surface area contributed by atoms with Crippen molar-refractivity contribution in [1.82, 2.24) is 5.32 Å². The number of nitrogens with zero attached hydrogens (tertiary/aromatic N) is 1. The molecule has 0 amide bonds. The standard InChI is InChI=1S/C14H20BrClN2/c1-10(2)17-12-4-3-7-18(9-12)14-8-11(16)5-6-13(14)15/h5-6,8,10,12,17H,3-4,7,9H2,1-2H3. The molecule has 18 heavy (non-hydrogen) atoms. The van der Waals surface area contributed by atoms with Crippen LogP contribution in [0.1, 0.15) is 26.7 Å². The molecule has 0 aromatic heterocycles. The van der Waals surface area contributed by atoms with Crippen LogP contribution in [0.15, 0.2) is 22.7 Å². The second kappa shape index (κ2) is 6.27. The van der Waals surface area contributed by atoms with Crippen LogP contribution in [0.5, 0.6) is 0 Å². The molecule has 1 heterocycles. The first kappa shape index (κ1) is 14.2. The normalized spacial score (nSPS) is 20.5. The Morgan fingerprint density at radius 2 is 2.22 bits per heavy atom. The second-order valence-corrected chi connectivity index (χ2v) is 6.49. The summed E-state index contributed by atoms with van der Waals surface area (Å²) < 4.78 is 1.12. The van der Waals surface area contributed by atoms with E-state index >= 15 is 0 Å². The Labute approximate surface area is 123 Å². The van der Waals surface area contributed by atoms with Gasteiger partial charge in [-0.15, -0.1) is 0 Å². The molecule has 0 radical (unpaired) electrons. The zero-order valence-electron chi connectivity index (χ0n) is 10.9. The van der Waals surface area contributed by atoms with Gasteiger partial charge >= 0.3 is 0 Å². The SMILES string of the molecule is CC(C)NC1CCCN(c2cc(Cl)ccc2Br)C1. The minimum atomic E-state index is 0.540. The topological polar surface area (TPSA) is 15.3 Å². The van der Waals surface area contributed by atoms with Crippen molar-refractivity contribution in [3.05, 3.63) is 27.7 Å². The van der Waals surface area contributed by atoms with Gasteiger partial charge in [0.05, 0.1) is 5.69 Å². The molecule has 1 N–H and O–H groups in total. The van der Waals surface area contributed by atoms with Crippen molar-refractivity contribution in [2.45, 2.75) is 38.8 Å². The molecule has 1 aromatic rings. The van der Waals surface area contributed by atoms with Crippen LogP contribution >= 0.6 is 27.5 Å². The van der Waals surface area contributed by atoms with Crippen molar-refractivity contribution < 1.29 is 0 Å². The van der Waals surface area contributed by atoms with Gasteiger partial charge in [0, 0.05) is 34.7 Å². The van der Waals surface area contributed by atoms with Crippen LogP contribution in [0.4, 0.5) is 5.69 Å². The number of nitrogens with one attached hydrogen (secondary N) is 1. The first-order chi connectivity index (χ1) is 8.56. The zero-order chi connectivity index (χ0) is 13.1. The summed E-state index contributed by atoms with van der Waals surface area (Å²) in [7, 11) is 0. The highest BCUT2D eigenvalue weighted by Gasteiger charge is 2.21. The Morgan fingerprint density at radius 3 is 2.94 bits per heavy atom. The fourth-order valence-corrected chi connectivity index (χ4v) is 3.20. The number of anilines is 1. The second-order valence-electron chi connectivity index (χ2n) is 5.20. The molecule has 1 saturated heterocycles. The Morgan fingerprint density at radius 1 is 1.44 bits per heavy atom. The van der Waals surface area contributed by atoms with E-state index in [1.54, 1.807) is 0 Å². The van der Waals surface area contributed by atoms with Gasteiger partial charge in [-0.25, -0.2) is 0 Å². The highest BCUT2D eigenvalue weighted by atomic mass is 79.9. The quantitative estimate of drug-likeness (QED) is 0.898. The van der Waals surface area contributed by atoms with E-state index in [-0.39, 0.29) is 0 Å². The molecular formula is C14H20BrClN2. The van der Waals surface area contributed by atoms with Gasteiger partial charge in [0.1, 0.15) is 0 Å². The van der Waals surface area contributed by atoms with Crippen molar-refractivity contribution in [2.75, 3.05) is 18.0 Å². The average Bonchev–Trinajstić information content (AvgIpc) is 2.32. The van der Waals surface area contributed by atoms with E-state index in [4.69, 9.17) is 11.6 Å². The molecule has 4 heteroatoms. The fraction of sp³-hybridized carbons (Fsp3) is 0.571. The van der Waals surface area contributed by atoms with Gasteiger partial charge < -0.3 is 10.2 Å². The molecule has 2 rings (SSSR count). The van der Waals surface area contributed by atoms with Gasteiger partial charge in [-0.1, -0.05) is 25.4 Å². The fourth-order valence-electron chi connectivity index (χ4n) is 2.53. The number of piperidine rings is 1. The minimum absolute atomic E-state index is 0.540. The molecule has 100 valence electrons. The number of halogens is 2. The van der Waals surface area contributed by atoms with Crippen LogP contribution in [0.3, 0.4) is 0 Å². The van der Waals surface area contributed by atoms with E-state index < -0.39 is 0 Å². The maximum Gasteiger partial charge on any atom is 0.0526 e. The van der Waals surface area contributed by atoms with Gasteiger partial charge in [0.2, 0.25) is 0 Å². The predicted octanol–water partition coefficient (Wildman–Crippen LogP) is 4.07. The summed E-state index contributed by atoms with van der Waals surface area (Å²) in [4.78, 5) is 2.42. The molecule has 0 aliphatic carbocycles. The molecule has 1 aliphatic rings. The van der Waals surface area contributed by atoms with Gasteiger partial charge in [-0.2, -0.15) is 0 Å². The van der Waals surface area contributed by atoms with Crippen molar-refractivity contribution in [3.63, 3.8) is 0 Å². The third-order valence-corrected chi connectivity index (χ3v) is 4.14. The van der Waals surface area contributed by atoms with Crippen LogP contribution in [0.25, 0.3) is 0 Å². The Bertz CT molecular complexity index is 409. The summed E-state index contributed by atoms with van der Waals surface area (Å²) in [6.07, 6.45) is 2.48. The molecule has 1 fully saturated rings. The molecule has 1 atom stereocenters. The number of hydrogen-bond acceptors (Lipinski definition) is 2. The lowest BCUT2D eigenvalue weighted by atomic mass is 10.0. The maximum atomic E-state index is 6.09. The van der Waals surface area contributed by atoms with Crippen molar-refractivity contribution in [3.8, 4) is 0 Å². The maximum absolute atomic E-state index is 6.09. The number of hydrogen-bond donors (Lipinski definition) is 1. The van der Waals surface area contributed by atoms with Gasteiger partial charge in [0.25, 0.3) is 0 Å². The van der Waals surface area contributed by atoms with E-state index in [0.717, 1.165) is 22.6 Å². The van der Waals surface area contributed by atoms with Crippen molar-refractivity contribution in [1.29, 1.82) is 0 Å². The molecule has 0 spiro atoms. The molecule has 0 bridgehead atoms. The predicted molar refractivity (Wildman–Crippen MR) is 82.7 cm³/mol. The van der Waals surface area contributed by atoms with E-state index in [2.05, 4.69) is 40.0 Å². The summed E-state index contributed by atoms with van der Waals surface area (Å²) in [5.41, 5.74) is 1.21. The lowest BCUT2D eigenvalue weighted by Crippen LogP contribution is -2.48. The van der Waals surface area contributed by atoms with Crippen LogP contribution in [-0.2, 0) is 0 Å². The first-order valence-corrected chi connectivity index (χ1v) is 7.69. The summed E-state index contributed by atoms with van der Waals surface area (Å²) >= 11 is 9.71.